The third-order valence-electron chi connectivity index (χ3n) is 6.22. The maximum Gasteiger partial charge on any atom is 0.325 e. The van der Waals surface area contributed by atoms with Crippen LogP contribution in [0.3, 0.4) is 0 Å². The van der Waals surface area contributed by atoms with Gasteiger partial charge in [-0.1, -0.05) is 11.6 Å². The van der Waals surface area contributed by atoms with E-state index in [-0.39, 0.29) is 45.2 Å². The highest BCUT2D eigenvalue weighted by Crippen LogP contribution is 2.36. The fraction of sp³-hybridized carbons (Fsp3) is 0.536. The second-order valence-corrected chi connectivity index (χ2v) is 16.1. The predicted octanol–water partition coefficient (Wildman–Crippen LogP) is 4.26. The molecule has 3 heterocycles. The Labute approximate surface area is 306 Å². The zero-order valence-corrected chi connectivity index (χ0v) is 32.1. The van der Waals surface area contributed by atoms with Crippen LogP contribution in [0, 0.1) is 5.82 Å². The Hall–Kier alpha value is -3.06. The number of aromatic nitrogens is 5. The average molecular weight is 801 g/mol. The van der Waals surface area contributed by atoms with Crippen molar-refractivity contribution < 1.29 is 33.3 Å². The van der Waals surface area contributed by atoms with Crippen LogP contribution in [0.2, 0.25) is 10.3 Å². The Morgan fingerprint density at radius 3 is 2.42 bits per heavy atom. The minimum atomic E-state index is -3.10. The third kappa shape index (κ3) is 15.0. The van der Waals surface area contributed by atoms with Crippen LogP contribution in [-0.2, 0) is 32.0 Å². The zero-order valence-electron chi connectivity index (χ0n) is 28.1. The van der Waals surface area contributed by atoms with Gasteiger partial charge in [-0.3, -0.25) is 23.6 Å². The molecule has 1 aliphatic heterocycles. The SMILES string of the molecule is CCNc1nc(Cl)nc(NC(C)C)n1.COC(=O)CSc1cc(/N=c2\sc(=O)n3n2CCCC3)c(F)cc1Cl.CP(=O)(O)CCC(N)C(=O)O. The van der Waals surface area contributed by atoms with Crippen molar-refractivity contribution in [2.45, 2.75) is 70.1 Å². The van der Waals surface area contributed by atoms with Gasteiger partial charge < -0.3 is 31.1 Å². The van der Waals surface area contributed by atoms with E-state index in [0.29, 0.717) is 34.7 Å². The highest BCUT2D eigenvalue weighted by molar-refractivity contribution is 8.00. The van der Waals surface area contributed by atoms with Crippen molar-refractivity contribution in [3.8, 4) is 0 Å². The van der Waals surface area contributed by atoms with Gasteiger partial charge in [-0.25, -0.2) is 14.1 Å². The van der Waals surface area contributed by atoms with Gasteiger partial charge >= 0.3 is 16.8 Å². The van der Waals surface area contributed by atoms with Crippen molar-refractivity contribution >= 4 is 83.2 Å². The summed E-state index contributed by atoms with van der Waals surface area (Å²) in [7, 11) is -1.81. The summed E-state index contributed by atoms with van der Waals surface area (Å²) < 4.78 is 32.9. The number of fused-ring (bicyclic) bond motifs is 1. The topological polar surface area (TPSA) is 229 Å². The lowest BCUT2D eigenvalue weighted by molar-refractivity contribution is -0.139. The van der Waals surface area contributed by atoms with E-state index >= 15 is 0 Å². The lowest BCUT2D eigenvalue weighted by Gasteiger charge is -2.15. The molecule has 278 valence electrons. The summed E-state index contributed by atoms with van der Waals surface area (Å²) in [6.45, 7) is 9.23. The molecule has 16 nitrogen and oxygen atoms in total. The second kappa shape index (κ2) is 20.7. The van der Waals surface area contributed by atoms with Crippen LogP contribution in [0.1, 0.15) is 40.0 Å². The van der Waals surface area contributed by atoms with Gasteiger partial charge in [0.25, 0.3) is 0 Å². The average Bonchev–Trinajstić information content (AvgIpc) is 3.34. The van der Waals surface area contributed by atoms with Gasteiger partial charge in [-0.2, -0.15) is 15.0 Å². The molecule has 1 aliphatic rings. The van der Waals surface area contributed by atoms with Crippen molar-refractivity contribution in [2.24, 2.45) is 10.7 Å². The quantitative estimate of drug-likeness (QED) is 0.0980. The predicted molar refractivity (Wildman–Crippen MR) is 194 cm³/mol. The third-order valence-corrected chi connectivity index (χ3v) is 9.80. The molecule has 0 saturated carbocycles. The first-order valence-corrected chi connectivity index (χ1v) is 20.0. The molecule has 4 rings (SSSR count). The van der Waals surface area contributed by atoms with E-state index in [1.807, 2.05) is 20.8 Å². The number of benzene rings is 1. The van der Waals surface area contributed by atoms with Gasteiger partial charge in [-0.15, -0.1) is 11.8 Å². The van der Waals surface area contributed by atoms with Crippen LogP contribution in [0.25, 0.3) is 0 Å². The van der Waals surface area contributed by atoms with Crippen LogP contribution in [0.15, 0.2) is 26.8 Å². The maximum atomic E-state index is 14.3. The molecule has 0 radical (unpaired) electrons. The molecule has 50 heavy (non-hydrogen) atoms. The van der Waals surface area contributed by atoms with E-state index in [0.717, 1.165) is 48.6 Å². The summed E-state index contributed by atoms with van der Waals surface area (Å²) in [5.74, 6) is -1.07. The van der Waals surface area contributed by atoms with Crippen LogP contribution in [0.4, 0.5) is 22.0 Å². The number of rotatable bonds is 12. The van der Waals surface area contributed by atoms with Crippen LogP contribution in [0.5, 0.6) is 0 Å². The van der Waals surface area contributed by atoms with Crippen molar-refractivity contribution in [1.82, 2.24) is 24.3 Å². The number of hydrogen-bond donors (Lipinski definition) is 5. The summed E-state index contributed by atoms with van der Waals surface area (Å²) in [5, 5.41) is 14.7. The van der Waals surface area contributed by atoms with E-state index in [1.54, 1.807) is 9.36 Å². The van der Waals surface area contributed by atoms with Crippen LogP contribution >= 0.6 is 53.7 Å². The Bertz CT molecular complexity index is 1790. The standard InChI is InChI=1S/C15H15ClFN3O3S2.C8H14ClN5.C5H12NO4P/c1-23-13(21)8-24-12-7-11(10(17)6-9(12)16)18-14-19-4-2-3-5-20(19)15(22)25-14;1-4-10-7-12-6(9)13-8(14-7)11-5(2)3;1-11(9,10)3-2-4(6)5(7)8/h6-7H,2-5,8H2,1H3;5H,4H2,1-3H3,(H2,10,11,12,13,14);4H,2-3,6H2,1H3,(H,7,8)(H,9,10)/b18-14-;;. The molecule has 0 aliphatic carbocycles. The Morgan fingerprint density at radius 2 is 1.84 bits per heavy atom. The molecule has 0 spiro atoms. The molecule has 3 aromatic rings. The van der Waals surface area contributed by atoms with Gasteiger partial charge in [0.2, 0.25) is 22.0 Å². The van der Waals surface area contributed by atoms with Gasteiger partial charge in [0, 0.05) is 43.4 Å². The highest BCUT2D eigenvalue weighted by atomic mass is 35.5. The number of carbonyl (C=O) groups is 2. The Kier molecular flexibility index (Phi) is 17.9. The van der Waals surface area contributed by atoms with E-state index in [9.17, 15) is 23.3 Å². The van der Waals surface area contributed by atoms with E-state index in [4.69, 9.17) is 38.9 Å². The minimum Gasteiger partial charge on any atom is -0.480 e. The molecular weight excluding hydrogens is 759 g/mol. The number of carboxylic acids is 1. The molecule has 2 atom stereocenters. The number of nitrogens with two attached hydrogens (primary N) is 1. The summed E-state index contributed by atoms with van der Waals surface area (Å²) in [6, 6.07) is 1.88. The van der Waals surface area contributed by atoms with Gasteiger partial charge in [0.05, 0.1) is 17.9 Å². The number of hydrogen-bond acceptors (Lipinski definition) is 14. The lowest BCUT2D eigenvalue weighted by atomic mass is 10.2. The number of thioether (sulfide) groups is 1. The van der Waals surface area contributed by atoms with Crippen LogP contribution < -0.4 is 26.0 Å². The van der Waals surface area contributed by atoms with E-state index < -0.39 is 31.2 Å². The monoisotopic (exact) mass is 799 g/mol. The van der Waals surface area contributed by atoms with Crippen molar-refractivity contribution in [2.75, 3.05) is 42.9 Å². The maximum absolute atomic E-state index is 14.3. The Balaban J connectivity index is 0.000000293. The molecule has 0 fully saturated rings. The van der Waals surface area contributed by atoms with E-state index in [1.165, 1.54) is 19.8 Å². The number of methoxy groups -OCH3 is 1. The first-order chi connectivity index (χ1) is 23.4. The number of carbonyl (C=O) groups excluding carboxylic acids is 1. The number of aliphatic carboxylic acids is 1. The first-order valence-electron chi connectivity index (χ1n) is 15.2. The fourth-order valence-corrected chi connectivity index (χ4v) is 6.75. The fourth-order valence-electron chi connectivity index (χ4n) is 3.84. The second-order valence-electron chi connectivity index (χ2n) is 10.9. The van der Waals surface area contributed by atoms with Crippen molar-refractivity contribution in [3.05, 3.63) is 42.7 Å². The van der Waals surface area contributed by atoms with Crippen LogP contribution in [-0.4, -0.2) is 90.6 Å². The number of ether oxygens (including phenoxy) is 1. The molecule has 0 bridgehead atoms. The highest BCUT2D eigenvalue weighted by Gasteiger charge is 2.17. The van der Waals surface area contributed by atoms with Gasteiger partial charge in [0.15, 0.2) is 7.37 Å². The summed E-state index contributed by atoms with van der Waals surface area (Å²) in [4.78, 5) is 59.4. The summed E-state index contributed by atoms with van der Waals surface area (Å²) in [6.07, 6.45) is 1.90. The molecule has 2 aromatic heterocycles. The molecular formula is C28H41Cl2FN9O7PS2. The first kappa shape index (κ1) is 43.1. The molecule has 6 N–H and O–H groups in total. The lowest BCUT2D eigenvalue weighted by Crippen LogP contribution is -2.31. The van der Waals surface area contributed by atoms with Gasteiger partial charge in [0.1, 0.15) is 17.5 Å². The molecule has 2 unspecified atom stereocenters. The minimum absolute atomic E-state index is 0.0412. The summed E-state index contributed by atoms with van der Waals surface area (Å²) >= 11 is 13.9. The Morgan fingerprint density at radius 1 is 1.20 bits per heavy atom. The zero-order chi connectivity index (χ0) is 37.6. The number of nitrogens with one attached hydrogen (secondary N) is 2. The molecule has 22 heteroatoms. The van der Waals surface area contributed by atoms with Gasteiger partial charge in [-0.05, 0) is 75.1 Å². The number of halogens is 3. The van der Waals surface area contributed by atoms with Crippen molar-refractivity contribution in [1.29, 1.82) is 0 Å². The largest absolute Gasteiger partial charge is 0.480 e. The van der Waals surface area contributed by atoms with Crippen molar-refractivity contribution in [3.63, 3.8) is 0 Å². The molecule has 0 saturated heterocycles. The van der Waals surface area contributed by atoms with E-state index in [2.05, 4.69) is 35.3 Å². The normalized spacial score (nSPS) is 14.3. The number of carboxylic acid groups (broad SMARTS) is 1. The summed E-state index contributed by atoms with van der Waals surface area (Å²) in [5.41, 5.74) is 5.17. The number of anilines is 2. The number of esters is 1. The molecule has 0 amide bonds. The number of nitrogens with zero attached hydrogens (tertiary/aromatic N) is 6. The molecule has 1 aromatic carbocycles. The smallest absolute Gasteiger partial charge is 0.325 e.